The monoisotopic (exact) mass is 537 g/mol. The molecule has 0 fully saturated rings. The van der Waals surface area contributed by atoms with Gasteiger partial charge in [-0.1, -0.05) is 36.4 Å². The van der Waals surface area contributed by atoms with Crippen LogP contribution in [0.5, 0.6) is 0 Å². The van der Waals surface area contributed by atoms with E-state index in [1.807, 2.05) is 0 Å². The molecule has 0 saturated carbocycles. The highest BCUT2D eigenvalue weighted by molar-refractivity contribution is 6.23. The largest absolute Gasteiger partial charge is 0.459 e. The number of anilines is 1. The number of nitrogens with zero attached hydrogens (tertiary/aromatic N) is 3. The Hall–Kier alpha value is -5.12. The summed E-state index contributed by atoms with van der Waals surface area (Å²) in [5.74, 6) is -3.20. The molecule has 0 radical (unpaired) electrons. The maximum Gasteiger partial charge on any atom is 0.326 e. The molecule has 200 valence electrons. The molecule has 0 saturated heterocycles. The van der Waals surface area contributed by atoms with Crippen LogP contribution in [-0.4, -0.2) is 64.9 Å². The van der Waals surface area contributed by atoms with Crippen molar-refractivity contribution in [1.82, 2.24) is 9.80 Å². The third-order valence-electron chi connectivity index (χ3n) is 7.37. The van der Waals surface area contributed by atoms with Gasteiger partial charge in [-0.3, -0.25) is 38.6 Å². The van der Waals surface area contributed by atoms with Gasteiger partial charge in [-0.2, -0.15) is 0 Å². The van der Waals surface area contributed by atoms with Gasteiger partial charge in [-0.05, 0) is 54.3 Å². The zero-order valence-electron chi connectivity index (χ0n) is 21.3. The minimum Gasteiger partial charge on any atom is -0.459 e. The lowest BCUT2D eigenvalue weighted by atomic mass is 9.96. The first-order valence-corrected chi connectivity index (χ1v) is 12.8. The molecule has 6 rings (SSSR count). The first-order chi connectivity index (χ1) is 19.3. The molecule has 3 heterocycles. The summed E-state index contributed by atoms with van der Waals surface area (Å²) in [7, 11) is 0. The van der Waals surface area contributed by atoms with Gasteiger partial charge in [-0.25, -0.2) is 0 Å². The number of fused-ring (bicyclic) bond motifs is 3. The van der Waals surface area contributed by atoms with Gasteiger partial charge in [0.25, 0.3) is 23.6 Å². The van der Waals surface area contributed by atoms with Gasteiger partial charge in [0, 0.05) is 12.2 Å². The Labute approximate surface area is 228 Å². The molecule has 5 amide bonds. The second-order valence-corrected chi connectivity index (χ2v) is 9.71. The van der Waals surface area contributed by atoms with Crippen molar-refractivity contribution in [2.45, 2.75) is 19.4 Å². The molecular weight excluding hydrogens is 514 g/mol. The predicted molar refractivity (Wildman–Crippen MR) is 141 cm³/mol. The predicted octanol–water partition coefficient (Wildman–Crippen LogP) is 2.60. The number of ether oxygens (including phenoxy) is 1. The summed E-state index contributed by atoms with van der Waals surface area (Å²) >= 11 is 0. The van der Waals surface area contributed by atoms with Crippen LogP contribution in [0.4, 0.5) is 5.69 Å². The summed E-state index contributed by atoms with van der Waals surface area (Å²) in [4.78, 5) is 79.9. The van der Waals surface area contributed by atoms with E-state index < -0.39 is 42.0 Å². The van der Waals surface area contributed by atoms with Crippen LogP contribution in [0.1, 0.15) is 59.0 Å². The van der Waals surface area contributed by atoms with Crippen LogP contribution in [0.15, 0.2) is 66.7 Å². The lowest BCUT2D eigenvalue weighted by molar-refractivity contribution is -0.145. The zero-order valence-corrected chi connectivity index (χ0v) is 21.3. The first-order valence-electron chi connectivity index (χ1n) is 12.8. The Morgan fingerprint density at radius 1 is 0.675 bits per heavy atom. The number of imide groups is 2. The van der Waals surface area contributed by atoms with Crippen molar-refractivity contribution in [3.05, 3.63) is 100 Å². The van der Waals surface area contributed by atoms with Gasteiger partial charge in [0.05, 0.1) is 22.3 Å². The van der Waals surface area contributed by atoms with Crippen LogP contribution in [0.3, 0.4) is 0 Å². The van der Waals surface area contributed by atoms with Crippen molar-refractivity contribution >= 4 is 41.2 Å². The van der Waals surface area contributed by atoms with Gasteiger partial charge in [-0.15, -0.1) is 0 Å². The quantitative estimate of drug-likeness (QED) is 0.350. The van der Waals surface area contributed by atoms with E-state index in [1.165, 1.54) is 0 Å². The maximum atomic E-state index is 13.3. The Balaban J connectivity index is 1.13. The summed E-state index contributed by atoms with van der Waals surface area (Å²) in [5, 5.41) is 0. The van der Waals surface area contributed by atoms with E-state index in [9.17, 15) is 28.8 Å². The number of carbonyl (C=O) groups is 6. The molecule has 10 heteroatoms. The van der Waals surface area contributed by atoms with Crippen molar-refractivity contribution in [2.75, 3.05) is 24.5 Å². The van der Waals surface area contributed by atoms with Crippen LogP contribution >= 0.6 is 0 Å². The fourth-order valence-electron chi connectivity index (χ4n) is 5.41. The lowest BCUT2D eigenvalue weighted by Crippen LogP contribution is -2.44. The third kappa shape index (κ3) is 4.14. The summed E-state index contributed by atoms with van der Waals surface area (Å²) < 4.78 is 5.43. The third-order valence-corrected chi connectivity index (χ3v) is 7.37. The Kier molecular flexibility index (Phi) is 6.22. The second-order valence-electron chi connectivity index (χ2n) is 9.71. The highest BCUT2D eigenvalue weighted by atomic mass is 16.5. The number of carbonyl (C=O) groups excluding carboxylic acids is 6. The molecule has 10 nitrogen and oxygen atoms in total. The molecule has 0 atom stereocenters. The van der Waals surface area contributed by atoms with Crippen molar-refractivity contribution in [3.63, 3.8) is 0 Å². The molecular formula is C30H23N3O7. The molecule has 0 unspecified atom stereocenters. The number of benzene rings is 3. The molecule has 3 aliphatic rings. The molecule has 0 spiro atoms. The molecule has 0 N–H and O–H groups in total. The van der Waals surface area contributed by atoms with Crippen LogP contribution in [0.2, 0.25) is 0 Å². The fraction of sp³-hybridized carbons (Fsp3) is 0.200. The minimum atomic E-state index is -0.735. The van der Waals surface area contributed by atoms with E-state index >= 15 is 0 Å². The van der Waals surface area contributed by atoms with E-state index in [1.54, 1.807) is 71.6 Å². The first kappa shape index (κ1) is 25.2. The van der Waals surface area contributed by atoms with Gasteiger partial charge in [0.2, 0.25) is 5.91 Å². The second kappa shape index (κ2) is 9.88. The number of hydrogen-bond donors (Lipinski definition) is 0. The van der Waals surface area contributed by atoms with E-state index in [2.05, 4.69) is 0 Å². The average Bonchev–Trinajstić information content (AvgIpc) is 3.36. The average molecular weight is 538 g/mol. The van der Waals surface area contributed by atoms with Gasteiger partial charge in [0.1, 0.15) is 19.7 Å². The lowest BCUT2D eigenvalue weighted by Gasteiger charge is -2.31. The Bertz CT molecular complexity index is 1560. The molecule has 3 aliphatic heterocycles. The van der Waals surface area contributed by atoms with Crippen LogP contribution in [0.25, 0.3) is 0 Å². The summed E-state index contributed by atoms with van der Waals surface area (Å²) in [5.41, 5.74) is 3.20. The van der Waals surface area contributed by atoms with Gasteiger partial charge < -0.3 is 9.64 Å². The van der Waals surface area contributed by atoms with Crippen LogP contribution < -0.4 is 4.90 Å². The zero-order chi connectivity index (χ0) is 28.0. The summed E-state index contributed by atoms with van der Waals surface area (Å²) in [6.07, 6.45) is 1.28. The van der Waals surface area contributed by atoms with E-state index in [-0.39, 0.29) is 35.4 Å². The molecule has 40 heavy (non-hydrogen) atoms. The minimum absolute atomic E-state index is 0.106. The van der Waals surface area contributed by atoms with E-state index in [0.29, 0.717) is 30.6 Å². The van der Waals surface area contributed by atoms with Crippen LogP contribution in [0, 0.1) is 0 Å². The van der Waals surface area contributed by atoms with E-state index in [0.717, 1.165) is 15.4 Å². The summed E-state index contributed by atoms with van der Waals surface area (Å²) in [6, 6.07) is 18.2. The number of rotatable bonds is 6. The fourth-order valence-corrected chi connectivity index (χ4v) is 5.41. The molecule has 0 bridgehead atoms. The molecule has 0 aliphatic carbocycles. The molecule has 3 aromatic carbocycles. The molecule has 0 aromatic heterocycles. The topological polar surface area (TPSA) is 121 Å². The number of amides is 5. The van der Waals surface area contributed by atoms with Crippen molar-refractivity contribution < 1.29 is 33.5 Å². The van der Waals surface area contributed by atoms with Crippen molar-refractivity contribution in [2.24, 2.45) is 0 Å². The Morgan fingerprint density at radius 3 is 1.75 bits per heavy atom. The normalized spacial score (nSPS) is 15.8. The summed E-state index contributed by atoms with van der Waals surface area (Å²) in [6.45, 7) is -0.582. The van der Waals surface area contributed by atoms with Crippen molar-refractivity contribution in [3.8, 4) is 0 Å². The van der Waals surface area contributed by atoms with Gasteiger partial charge >= 0.3 is 5.97 Å². The molecule has 3 aromatic rings. The maximum absolute atomic E-state index is 13.3. The standard InChI is InChI=1S/C30H23N3O7/c34-25(15-32-27(36)20-8-1-2-9-21(20)28(32)37)31-14-6-12-19-18(7-5-13-24(19)31)17-40-26(35)16-33-29(38)22-10-3-4-11-23(22)30(33)39/h1-5,7-11,13H,6,12,14-17H2. The number of esters is 1. The van der Waals surface area contributed by atoms with Gasteiger partial charge in [0.15, 0.2) is 0 Å². The SMILES string of the molecule is O=C(CN1C(=O)c2ccccc2C1=O)OCc1cccc2c1CCCN2C(=O)CN1C(=O)c2ccccc2C1=O. The smallest absolute Gasteiger partial charge is 0.326 e. The van der Waals surface area contributed by atoms with Crippen molar-refractivity contribution in [1.29, 1.82) is 0 Å². The highest BCUT2D eigenvalue weighted by Gasteiger charge is 2.38. The number of hydrogen-bond acceptors (Lipinski definition) is 7. The van der Waals surface area contributed by atoms with Crippen LogP contribution in [-0.2, 0) is 27.4 Å². The Morgan fingerprint density at radius 2 is 1.20 bits per heavy atom. The van der Waals surface area contributed by atoms with E-state index in [4.69, 9.17) is 4.74 Å². The highest BCUT2D eigenvalue weighted by Crippen LogP contribution is 2.31.